The first kappa shape index (κ1) is 101. The summed E-state index contributed by atoms with van der Waals surface area (Å²) in [7, 11) is -9.92. The number of carbonyl (C=O) groups excluding carboxylic acids is 4. The lowest BCUT2D eigenvalue weighted by molar-refractivity contribution is -0.161. The van der Waals surface area contributed by atoms with E-state index in [1.54, 1.807) is 0 Å². The van der Waals surface area contributed by atoms with E-state index in [-0.39, 0.29) is 25.7 Å². The average molecular weight is 1510 g/mol. The smallest absolute Gasteiger partial charge is 0.462 e. The van der Waals surface area contributed by atoms with Gasteiger partial charge in [0.15, 0.2) is 12.2 Å². The summed E-state index contributed by atoms with van der Waals surface area (Å²) >= 11 is 0. The first-order chi connectivity index (χ1) is 50.0. The number of aliphatic hydroxyl groups is 1. The molecule has 0 aromatic rings. The van der Waals surface area contributed by atoms with Gasteiger partial charge in [-0.05, 0) is 31.6 Å². The normalized spacial score (nSPS) is 13.8. The summed E-state index contributed by atoms with van der Waals surface area (Å²) in [6, 6.07) is 0. The van der Waals surface area contributed by atoms with E-state index < -0.39 is 97.5 Å². The van der Waals surface area contributed by atoms with Crippen molar-refractivity contribution < 1.29 is 80.2 Å². The third-order valence-electron chi connectivity index (χ3n) is 19.8. The zero-order chi connectivity index (χ0) is 75.5. The predicted molar refractivity (Wildman–Crippen MR) is 423 cm³/mol. The number of esters is 4. The molecule has 0 aromatic carbocycles. The van der Waals surface area contributed by atoms with Crippen LogP contribution in [0.15, 0.2) is 0 Å². The molecule has 0 aliphatic heterocycles. The van der Waals surface area contributed by atoms with Crippen LogP contribution in [-0.4, -0.2) is 96.7 Å². The molecular weight excluding hydrogens is 1340 g/mol. The van der Waals surface area contributed by atoms with Gasteiger partial charge in [-0.15, -0.1) is 0 Å². The van der Waals surface area contributed by atoms with Crippen molar-refractivity contribution >= 4 is 39.5 Å². The van der Waals surface area contributed by atoms with Crippen molar-refractivity contribution in [2.45, 2.75) is 470 Å². The molecule has 0 saturated carbocycles. The Labute approximate surface area is 632 Å². The van der Waals surface area contributed by atoms with Crippen molar-refractivity contribution in [3.05, 3.63) is 0 Å². The van der Waals surface area contributed by atoms with Crippen LogP contribution in [0, 0.1) is 5.92 Å². The maximum atomic E-state index is 13.1. The largest absolute Gasteiger partial charge is 0.472 e. The lowest BCUT2D eigenvalue weighted by Crippen LogP contribution is -2.30. The van der Waals surface area contributed by atoms with Crippen LogP contribution >= 0.6 is 15.6 Å². The molecule has 0 fully saturated rings. The lowest BCUT2D eigenvalue weighted by atomic mass is 10.0. The minimum atomic E-state index is -4.96. The topological polar surface area (TPSA) is 237 Å². The van der Waals surface area contributed by atoms with Crippen LogP contribution in [-0.2, 0) is 65.4 Å². The van der Waals surface area contributed by atoms with Crippen LogP contribution < -0.4 is 0 Å². The van der Waals surface area contributed by atoms with Gasteiger partial charge >= 0.3 is 39.5 Å². The maximum Gasteiger partial charge on any atom is 0.472 e. The highest BCUT2D eigenvalue weighted by Crippen LogP contribution is 2.45. The van der Waals surface area contributed by atoms with E-state index in [0.717, 1.165) is 96.3 Å². The summed E-state index contributed by atoms with van der Waals surface area (Å²) in [5, 5.41) is 10.7. The minimum absolute atomic E-state index is 0.108. The Balaban J connectivity index is 5.21. The molecule has 0 bridgehead atoms. The number of phosphoric acid groups is 2. The molecule has 0 heterocycles. The van der Waals surface area contributed by atoms with Gasteiger partial charge in [0.25, 0.3) is 0 Å². The van der Waals surface area contributed by atoms with Crippen LogP contribution in [0.3, 0.4) is 0 Å². The molecule has 103 heavy (non-hydrogen) atoms. The van der Waals surface area contributed by atoms with E-state index in [2.05, 4.69) is 34.6 Å². The van der Waals surface area contributed by atoms with Gasteiger partial charge in [-0.25, -0.2) is 9.13 Å². The fourth-order valence-electron chi connectivity index (χ4n) is 13.1. The molecule has 0 amide bonds. The summed E-state index contributed by atoms with van der Waals surface area (Å²) in [6.07, 6.45) is 69.6. The highest BCUT2D eigenvalue weighted by Gasteiger charge is 2.30. The second-order valence-corrected chi connectivity index (χ2v) is 33.6. The molecule has 0 aromatic heterocycles. The zero-order valence-corrected chi connectivity index (χ0v) is 69.3. The first-order valence-electron chi connectivity index (χ1n) is 43.6. The Morgan fingerprint density at radius 3 is 0.660 bits per heavy atom. The standard InChI is InChI=1S/C84H164O17P2/c1-6-9-12-15-18-21-24-27-30-33-35-36-38-41-44-47-50-53-60-65-69-83(88)100-79(73-94-81(86)67-62-57-51-48-45-42-40-37-34-31-28-25-22-19-16-13-10-7-2)75-98-102(90,91)96-71-78(85)72-97-103(92,93)99-76-80(74-95-82(87)68-63-58-55-54-56-61-66-77(4)5)101-84(89)70-64-59-52-49-46-43-39-32-29-26-23-20-17-14-11-8-3/h77-80,85H,6-76H2,1-5H3,(H,90,91)(H,92,93)/t78-,79-,80-/m1/s1. The monoisotopic (exact) mass is 1510 g/mol. The van der Waals surface area contributed by atoms with Gasteiger partial charge in [0, 0.05) is 25.7 Å². The summed E-state index contributed by atoms with van der Waals surface area (Å²) in [4.78, 5) is 73.1. The lowest BCUT2D eigenvalue weighted by Gasteiger charge is -2.21. The second kappa shape index (κ2) is 76.8. The van der Waals surface area contributed by atoms with Crippen LogP contribution in [0.25, 0.3) is 0 Å². The first-order valence-corrected chi connectivity index (χ1v) is 46.6. The van der Waals surface area contributed by atoms with Crippen LogP contribution in [0.4, 0.5) is 0 Å². The van der Waals surface area contributed by atoms with Crippen LogP contribution in [0.5, 0.6) is 0 Å². The van der Waals surface area contributed by atoms with Crippen LogP contribution in [0.1, 0.15) is 452 Å². The molecule has 17 nitrogen and oxygen atoms in total. The molecule has 0 aliphatic carbocycles. The molecule has 0 spiro atoms. The van der Waals surface area contributed by atoms with Crippen molar-refractivity contribution in [1.82, 2.24) is 0 Å². The number of carbonyl (C=O) groups is 4. The van der Waals surface area contributed by atoms with E-state index in [1.807, 2.05) is 0 Å². The third kappa shape index (κ3) is 78.0. The number of aliphatic hydroxyl groups excluding tert-OH is 1. The quantitative estimate of drug-likeness (QED) is 0.0222. The van der Waals surface area contributed by atoms with Gasteiger partial charge in [0.05, 0.1) is 26.4 Å². The average Bonchev–Trinajstić information content (AvgIpc) is 0.920. The molecule has 0 rings (SSSR count). The van der Waals surface area contributed by atoms with Gasteiger partial charge in [-0.3, -0.25) is 37.3 Å². The number of phosphoric ester groups is 2. The van der Waals surface area contributed by atoms with E-state index in [9.17, 15) is 43.2 Å². The third-order valence-corrected chi connectivity index (χ3v) is 21.7. The molecule has 0 radical (unpaired) electrons. The number of rotatable bonds is 84. The highest BCUT2D eigenvalue weighted by atomic mass is 31.2. The Bertz CT molecular complexity index is 1960. The SMILES string of the molecule is CCCCCCCCCCCCCCCCCCCCCCC(=O)O[C@H](COC(=O)CCCCCCCCCCCCCCCCCCCC)COP(=O)(O)OC[C@@H](O)COP(=O)(O)OC[C@@H](COC(=O)CCCCCCCCC(C)C)OC(=O)CCCCCCCCCCCCCCCCCC. The van der Waals surface area contributed by atoms with Gasteiger partial charge in [0.2, 0.25) is 0 Å². The number of hydrogen-bond acceptors (Lipinski definition) is 15. The number of hydrogen-bond donors (Lipinski definition) is 3. The van der Waals surface area contributed by atoms with Crippen molar-refractivity contribution in [3.63, 3.8) is 0 Å². The summed E-state index contributed by atoms with van der Waals surface area (Å²) in [6.45, 7) is 7.27. The molecule has 0 saturated heterocycles. The Kier molecular flexibility index (Phi) is 75.4. The molecule has 19 heteroatoms. The number of ether oxygens (including phenoxy) is 4. The minimum Gasteiger partial charge on any atom is -0.462 e. The zero-order valence-electron chi connectivity index (χ0n) is 67.5. The van der Waals surface area contributed by atoms with E-state index >= 15 is 0 Å². The highest BCUT2D eigenvalue weighted by molar-refractivity contribution is 7.47. The molecule has 5 atom stereocenters. The van der Waals surface area contributed by atoms with Gasteiger partial charge in [-0.2, -0.15) is 0 Å². The molecule has 612 valence electrons. The Morgan fingerprint density at radius 1 is 0.262 bits per heavy atom. The van der Waals surface area contributed by atoms with Crippen molar-refractivity contribution in [1.29, 1.82) is 0 Å². The van der Waals surface area contributed by atoms with Crippen molar-refractivity contribution in [2.75, 3.05) is 39.6 Å². The van der Waals surface area contributed by atoms with Gasteiger partial charge < -0.3 is 33.8 Å². The van der Waals surface area contributed by atoms with Gasteiger partial charge in [-0.1, -0.05) is 401 Å². The number of unbranched alkanes of at least 4 members (excludes halogenated alkanes) is 56. The summed E-state index contributed by atoms with van der Waals surface area (Å²) < 4.78 is 68.8. The fourth-order valence-corrected chi connectivity index (χ4v) is 14.7. The molecule has 2 unspecified atom stereocenters. The Hall–Kier alpha value is -1.94. The summed E-state index contributed by atoms with van der Waals surface area (Å²) in [5.74, 6) is -1.42. The predicted octanol–water partition coefficient (Wildman–Crippen LogP) is 25.6. The molecular formula is C84H164O17P2. The maximum absolute atomic E-state index is 13.1. The van der Waals surface area contributed by atoms with Crippen molar-refractivity contribution in [3.8, 4) is 0 Å². The van der Waals surface area contributed by atoms with Crippen LogP contribution in [0.2, 0.25) is 0 Å². The van der Waals surface area contributed by atoms with Gasteiger partial charge in [0.1, 0.15) is 19.3 Å². The fraction of sp³-hybridized carbons (Fsp3) is 0.952. The molecule has 0 aliphatic rings. The molecule has 3 N–H and O–H groups in total. The van der Waals surface area contributed by atoms with E-state index in [0.29, 0.717) is 31.6 Å². The van der Waals surface area contributed by atoms with Crippen molar-refractivity contribution in [2.24, 2.45) is 5.92 Å². The summed E-state index contributed by atoms with van der Waals surface area (Å²) in [5.41, 5.74) is 0. The van der Waals surface area contributed by atoms with E-state index in [1.165, 1.54) is 270 Å². The van der Waals surface area contributed by atoms with E-state index in [4.69, 9.17) is 37.0 Å². The second-order valence-electron chi connectivity index (χ2n) is 30.7. The Morgan fingerprint density at radius 2 is 0.447 bits per heavy atom.